The minimum atomic E-state index is 0.501. The first-order chi connectivity index (χ1) is 4.89. The molecule has 0 aromatic rings. The van der Waals surface area contributed by atoms with Crippen LogP contribution in [0.2, 0.25) is 3.97 Å². The molecular formula is C10H17Ga. The molecule has 0 saturated heterocycles. The molecular weight excluding hydrogens is 190 g/mol. The Morgan fingerprint density at radius 1 is 0.909 bits per heavy atom. The first-order valence-corrected chi connectivity index (χ1v) is 6.35. The third kappa shape index (κ3) is 1.15. The van der Waals surface area contributed by atoms with Crippen LogP contribution in [0.4, 0.5) is 0 Å². The summed E-state index contributed by atoms with van der Waals surface area (Å²) in [6, 6.07) is 0. The van der Waals surface area contributed by atoms with Gasteiger partial charge in [0.1, 0.15) is 0 Å². The van der Waals surface area contributed by atoms with E-state index in [9.17, 15) is 0 Å². The Kier molecular flexibility index (Phi) is 2.14. The van der Waals surface area contributed by atoms with E-state index in [0.29, 0.717) is 3.97 Å². The number of allylic oxidation sites excluding steroid dienone is 4. The molecule has 0 amide bonds. The zero-order chi connectivity index (χ0) is 8.81. The molecule has 0 spiro atoms. The van der Waals surface area contributed by atoms with E-state index in [2.05, 4.69) is 34.6 Å². The van der Waals surface area contributed by atoms with E-state index in [0.717, 1.165) is 18.6 Å². The topological polar surface area (TPSA) is 0 Å². The summed E-state index contributed by atoms with van der Waals surface area (Å²) < 4.78 is 0.501. The van der Waals surface area contributed by atoms with Gasteiger partial charge in [-0.2, -0.15) is 0 Å². The van der Waals surface area contributed by atoms with E-state index in [1.807, 2.05) is 0 Å². The van der Waals surface area contributed by atoms with Gasteiger partial charge in [-0.15, -0.1) is 0 Å². The second kappa shape index (κ2) is 2.56. The Bertz CT molecular complexity index is 228. The van der Waals surface area contributed by atoms with Crippen molar-refractivity contribution in [3.05, 3.63) is 22.3 Å². The number of hydrogen-bond donors (Lipinski definition) is 0. The molecule has 1 heteroatoms. The average Bonchev–Trinajstić information content (AvgIpc) is 2.06. The van der Waals surface area contributed by atoms with E-state index < -0.39 is 0 Å². The summed E-state index contributed by atoms with van der Waals surface area (Å²) in [6.07, 6.45) is 0. The molecule has 11 heavy (non-hydrogen) atoms. The van der Waals surface area contributed by atoms with Gasteiger partial charge in [-0.1, -0.05) is 0 Å². The average molecular weight is 207 g/mol. The molecule has 1 aliphatic carbocycles. The van der Waals surface area contributed by atoms with Crippen LogP contribution >= 0.6 is 0 Å². The molecule has 0 nitrogen and oxygen atoms in total. The van der Waals surface area contributed by atoms with Gasteiger partial charge in [0, 0.05) is 0 Å². The summed E-state index contributed by atoms with van der Waals surface area (Å²) in [5.74, 6) is 0. The SMILES string of the molecule is CC1=C(C)[C](C)([GaH2])C(C)=C1C. The molecule has 1 rings (SSSR count). The molecule has 0 aliphatic heterocycles. The first kappa shape index (κ1) is 9.21. The Hall–Kier alpha value is 0.116. The van der Waals surface area contributed by atoms with Crippen molar-refractivity contribution in [3.63, 3.8) is 0 Å². The van der Waals surface area contributed by atoms with E-state index >= 15 is 0 Å². The second-order valence-corrected chi connectivity index (χ2v) is 8.32. The Morgan fingerprint density at radius 2 is 1.18 bits per heavy atom. The molecule has 0 atom stereocenters. The Balaban J connectivity index is 3.27. The van der Waals surface area contributed by atoms with Crippen LogP contribution in [-0.4, -0.2) is 18.6 Å². The fourth-order valence-corrected chi connectivity index (χ4v) is 3.35. The third-order valence-electron chi connectivity index (χ3n) is 3.56. The van der Waals surface area contributed by atoms with Crippen LogP contribution in [0.25, 0.3) is 0 Å². The monoisotopic (exact) mass is 206 g/mol. The van der Waals surface area contributed by atoms with Gasteiger partial charge >= 0.3 is 79.5 Å². The normalized spacial score (nSPS) is 23.4. The van der Waals surface area contributed by atoms with Gasteiger partial charge in [-0.3, -0.25) is 0 Å². The van der Waals surface area contributed by atoms with Crippen molar-refractivity contribution in [1.82, 2.24) is 0 Å². The van der Waals surface area contributed by atoms with Gasteiger partial charge < -0.3 is 0 Å². The summed E-state index contributed by atoms with van der Waals surface area (Å²) in [5, 5.41) is 0. The quantitative estimate of drug-likeness (QED) is 0.535. The van der Waals surface area contributed by atoms with Gasteiger partial charge in [-0.05, 0) is 0 Å². The predicted molar refractivity (Wildman–Crippen MR) is 53.7 cm³/mol. The van der Waals surface area contributed by atoms with E-state index in [1.165, 1.54) is 11.1 Å². The molecule has 0 unspecified atom stereocenters. The van der Waals surface area contributed by atoms with Crippen LogP contribution < -0.4 is 0 Å². The minimum absolute atomic E-state index is 0.501. The Labute approximate surface area is 79.7 Å². The molecule has 0 fully saturated rings. The van der Waals surface area contributed by atoms with Crippen LogP contribution in [0.5, 0.6) is 0 Å². The predicted octanol–water partition coefficient (Wildman–Crippen LogP) is 2.48. The molecule has 0 bridgehead atoms. The van der Waals surface area contributed by atoms with Crippen LogP contribution in [0.1, 0.15) is 34.6 Å². The molecule has 0 radical (unpaired) electrons. The summed E-state index contributed by atoms with van der Waals surface area (Å²) in [5.41, 5.74) is 6.32. The molecule has 0 N–H and O–H groups in total. The first-order valence-electron chi connectivity index (χ1n) is 4.25. The maximum atomic E-state index is 2.39. The van der Waals surface area contributed by atoms with Crippen LogP contribution in [0, 0.1) is 0 Å². The van der Waals surface area contributed by atoms with Crippen molar-refractivity contribution >= 4 is 18.6 Å². The van der Waals surface area contributed by atoms with Crippen LogP contribution in [0.15, 0.2) is 22.3 Å². The van der Waals surface area contributed by atoms with Crippen molar-refractivity contribution in [2.75, 3.05) is 0 Å². The second-order valence-electron chi connectivity index (χ2n) is 4.12. The van der Waals surface area contributed by atoms with Crippen molar-refractivity contribution in [3.8, 4) is 0 Å². The van der Waals surface area contributed by atoms with Crippen molar-refractivity contribution in [1.29, 1.82) is 0 Å². The number of hydrogen-bond acceptors (Lipinski definition) is 0. The maximum absolute atomic E-state index is 2.39. The number of rotatable bonds is 0. The van der Waals surface area contributed by atoms with E-state index in [-0.39, 0.29) is 0 Å². The zero-order valence-electron chi connectivity index (χ0n) is 8.50. The van der Waals surface area contributed by atoms with Gasteiger partial charge in [0.25, 0.3) is 0 Å². The van der Waals surface area contributed by atoms with E-state index in [1.54, 1.807) is 11.1 Å². The summed E-state index contributed by atoms with van der Waals surface area (Å²) in [4.78, 5) is 0. The standard InChI is InChI=1S/C10H15.Ga.2H/c1-6-7(2)9(4)10(5)8(6)3;;;/h1-5H3;;;. The Morgan fingerprint density at radius 3 is 1.27 bits per heavy atom. The molecule has 60 valence electrons. The van der Waals surface area contributed by atoms with Crippen molar-refractivity contribution in [2.45, 2.75) is 38.6 Å². The molecule has 0 aromatic heterocycles. The van der Waals surface area contributed by atoms with Crippen molar-refractivity contribution < 1.29 is 0 Å². The fraction of sp³-hybridized carbons (Fsp3) is 0.600. The molecule has 0 saturated carbocycles. The summed E-state index contributed by atoms with van der Waals surface area (Å²) in [6.45, 7) is 11.5. The van der Waals surface area contributed by atoms with Gasteiger partial charge in [0.05, 0.1) is 0 Å². The molecule has 0 aromatic carbocycles. The van der Waals surface area contributed by atoms with Gasteiger partial charge in [-0.25, -0.2) is 0 Å². The third-order valence-corrected chi connectivity index (χ3v) is 6.71. The van der Waals surface area contributed by atoms with Gasteiger partial charge in [0.15, 0.2) is 0 Å². The van der Waals surface area contributed by atoms with Gasteiger partial charge in [0.2, 0.25) is 0 Å². The van der Waals surface area contributed by atoms with E-state index in [4.69, 9.17) is 0 Å². The summed E-state index contributed by atoms with van der Waals surface area (Å²) >= 11 is 0.868. The zero-order valence-corrected chi connectivity index (χ0v) is 12.7. The molecule has 0 heterocycles. The summed E-state index contributed by atoms with van der Waals surface area (Å²) in [7, 11) is 0. The molecule has 1 aliphatic rings. The van der Waals surface area contributed by atoms with Crippen molar-refractivity contribution in [2.24, 2.45) is 0 Å². The van der Waals surface area contributed by atoms with Crippen LogP contribution in [0.3, 0.4) is 0 Å². The fourth-order valence-electron chi connectivity index (χ4n) is 1.78. The van der Waals surface area contributed by atoms with Crippen LogP contribution in [-0.2, 0) is 0 Å².